The third kappa shape index (κ3) is 12.0. The van der Waals surface area contributed by atoms with Gasteiger partial charge in [-0.1, -0.05) is 78.1 Å². The molecule has 0 aliphatic carbocycles. The van der Waals surface area contributed by atoms with Crippen LogP contribution in [0.3, 0.4) is 0 Å². The Labute approximate surface area is 85.1 Å². The molecule has 0 N–H and O–H groups in total. The van der Waals surface area contributed by atoms with Crippen LogP contribution in [0.4, 0.5) is 0 Å². The molecule has 0 aromatic rings. The van der Waals surface area contributed by atoms with E-state index in [-0.39, 0.29) is 0 Å². The van der Waals surface area contributed by atoms with Crippen LogP contribution in [0.15, 0.2) is 0 Å². The van der Waals surface area contributed by atoms with Crippen LogP contribution in [0.25, 0.3) is 0 Å². The Morgan fingerprint density at radius 2 is 1.46 bits per heavy atom. The fourth-order valence-corrected chi connectivity index (χ4v) is 1.53. The largest absolute Gasteiger partial charge is 0.0654 e. The highest BCUT2D eigenvalue weighted by atomic mass is 14.0. The first-order chi connectivity index (χ1) is 6.41. The Bertz CT molecular complexity index is 66.1. The van der Waals surface area contributed by atoms with Crippen molar-refractivity contribution in [2.75, 3.05) is 0 Å². The molecular formula is C13H26. The number of unbranched alkanes of at least 4 members (excludes halogenated alkanes) is 10. The summed E-state index contributed by atoms with van der Waals surface area (Å²) in [6, 6.07) is 0. The second kappa shape index (κ2) is 12.0. The first-order valence-corrected chi connectivity index (χ1v) is 6.02. The SMILES string of the molecule is [CH2]CC[CH]CCCCCCCCC. The van der Waals surface area contributed by atoms with Gasteiger partial charge in [-0.2, -0.15) is 0 Å². The summed E-state index contributed by atoms with van der Waals surface area (Å²) in [5.41, 5.74) is 0. The van der Waals surface area contributed by atoms with Crippen LogP contribution in [-0.2, 0) is 0 Å². The van der Waals surface area contributed by atoms with Gasteiger partial charge in [0.25, 0.3) is 0 Å². The number of hydrogen-bond acceptors (Lipinski definition) is 0. The first kappa shape index (κ1) is 13.0. The van der Waals surface area contributed by atoms with E-state index >= 15 is 0 Å². The van der Waals surface area contributed by atoms with Crippen LogP contribution in [0.2, 0.25) is 0 Å². The van der Waals surface area contributed by atoms with Crippen molar-refractivity contribution >= 4 is 0 Å². The molecule has 0 fully saturated rings. The molecule has 0 spiro atoms. The normalized spacial score (nSPS) is 10.6. The van der Waals surface area contributed by atoms with Crippen molar-refractivity contribution in [3.63, 3.8) is 0 Å². The van der Waals surface area contributed by atoms with Gasteiger partial charge in [0, 0.05) is 0 Å². The highest BCUT2D eigenvalue weighted by Gasteiger charge is 1.91. The fraction of sp³-hybridized carbons (Fsp3) is 0.846. The van der Waals surface area contributed by atoms with Crippen LogP contribution in [0.1, 0.15) is 71.1 Å². The quantitative estimate of drug-likeness (QED) is 0.419. The fourth-order valence-electron chi connectivity index (χ4n) is 1.53. The van der Waals surface area contributed by atoms with E-state index in [9.17, 15) is 0 Å². The molecule has 0 aromatic carbocycles. The van der Waals surface area contributed by atoms with Crippen molar-refractivity contribution in [3.8, 4) is 0 Å². The first-order valence-electron chi connectivity index (χ1n) is 6.02. The Morgan fingerprint density at radius 3 is 2.08 bits per heavy atom. The minimum atomic E-state index is 1.07. The summed E-state index contributed by atoms with van der Waals surface area (Å²) in [6.45, 7) is 6.09. The van der Waals surface area contributed by atoms with Gasteiger partial charge in [0.1, 0.15) is 0 Å². The monoisotopic (exact) mass is 182 g/mol. The number of rotatable bonds is 10. The Kier molecular flexibility index (Phi) is 12.0. The van der Waals surface area contributed by atoms with Gasteiger partial charge in [0.15, 0.2) is 0 Å². The maximum absolute atomic E-state index is 3.82. The van der Waals surface area contributed by atoms with Gasteiger partial charge in [-0.15, -0.1) is 0 Å². The smallest absolute Gasteiger partial charge is 0.0386 e. The van der Waals surface area contributed by atoms with E-state index < -0.39 is 0 Å². The van der Waals surface area contributed by atoms with Crippen molar-refractivity contribution in [1.29, 1.82) is 0 Å². The van der Waals surface area contributed by atoms with Gasteiger partial charge in [-0.3, -0.25) is 0 Å². The predicted molar refractivity (Wildman–Crippen MR) is 61.5 cm³/mol. The molecule has 0 aromatic heterocycles. The molecule has 0 amide bonds. The molecule has 0 atom stereocenters. The van der Waals surface area contributed by atoms with Crippen LogP contribution in [0.5, 0.6) is 0 Å². The van der Waals surface area contributed by atoms with E-state index in [1.807, 2.05) is 0 Å². The van der Waals surface area contributed by atoms with Crippen molar-refractivity contribution in [2.24, 2.45) is 0 Å². The summed E-state index contributed by atoms with van der Waals surface area (Å²) in [5, 5.41) is 0. The third-order valence-electron chi connectivity index (χ3n) is 2.42. The molecule has 0 heteroatoms. The van der Waals surface area contributed by atoms with E-state index in [1.54, 1.807) is 0 Å². The topological polar surface area (TPSA) is 0 Å². The van der Waals surface area contributed by atoms with Crippen molar-refractivity contribution in [1.82, 2.24) is 0 Å². The second-order valence-electron chi connectivity index (χ2n) is 3.84. The second-order valence-corrected chi connectivity index (χ2v) is 3.84. The van der Waals surface area contributed by atoms with Gasteiger partial charge in [-0.25, -0.2) is 0 Å². The van der Waals surface area contributed by atoms with E-state index in [0.29, 0.717) is 0 Å². The standard InChI is InChI=1S/C13H26/c1-3-5-7-9-11-13-12-10-8-6-4-2/h7H,1,3-6,8-13H2,2H3. The highest BCUT2D eigenvalue weighted by Crippen LogP contribution is 2.10. The molecule has 78 valence electrons. The average molecular weight is 182 g/mol. The highest BCUT2D eigenvalue weighted by molar-refractivity contribution is 4.64. The molecule has 0 unspecified atom stereocenters. The molecule has 0 saturated heterocycles. The summed E-state index contributed by atoms with van der Waals surface area (Å²) >= 11 is 0. The van der Waals surface area contributed by atoms with Crippen molar-refractivity contribution in [2.45, 2.75) is 71.1 Å². The van der Waals surface area contributed by atoms with Crippen LogP contribution >= 0.6 is 0 Å². The van der Waals surface area contributed by atoms with Crippen molar-refractivity contribution in [3.05, 3.63) is 13.3 Å². The Balaban J connectivity index is 2.76. The molecule has 0 heterocycles. The van der Waals surface area contributed by atoms with Crippen LogP contribution < -0.4 is 0 Å². The maximum atomic E-state index is 3.82. The maximum Gasteiger partial charge on any atom is -0.0386 e. The predicted octanol–water partition coefficient (Wildman–Crippen LogP) is 4.95. The molecule has 2 radical (unpaired) electrons. The molecule has 0 aliphatic rings. The van der Waals surface area contributed by atoms with E-state index in [1.165, 1.54) is 57.8 Å². The Morgan fingerprint density at radius 1 is 0.846 bits per heavy atom. The lowest BCUT2D eigenvalue weighted by Crippen LogP contribution is -1.81. The van der Waals surface area contributed by atoms with Gasteiger partial charge >= 0.3 is 0 Å². The lowest BCUT2D eigenvalue weighted by atomic mass is 10.1. The minimum absolute atomic E-state index is 1.07. The Hall–Kier alpha value is 0. The van der Waals surface area contributed by atoms with E-state index in [0.717, 1.165) is 6.42 Å². The number of hydrogen-bond donors (Lipinski definition) is 0. The summed E-state index contributed by atoms with van der Waals surface area (Å²) < 4.78 is 0. The molecule has 0 bridgehead atoms. The van der Waals surface area contributed by atoms with Gasteiger partial charge in [-0.05, 0) is 6.42 Å². The summed E-state index contributed by atoms with van der Waals surface area (Å²) in [4.78, 5) is 0. The zero-order chi connectivity index (χ0) is 9.78. The van der Waals surface area contributed by atoms with E-state index in [4.69, 9.17) is 0 Å². The third-order valence-corrected chi connectivity index (χ3v) is 2.42. The van der Waals surface area contributed by atoms with E-state index in [2.05, 4.69) is 20.3 Å². The summed E-state index contributed by atoms with van der Waals surface area (Å²) in [6.07, 6.45) is 15.9. The van der Waals surface area contributed by atoms with Gasteiger partial charge < -0.3 is 0 Å². The van der Waals surface area contributed by atoms with Crippen LogP contribution in [0, 0.1) is 13.3 Å². The molecule has 13 heavy (non-hydrogen) atoms. The molecular weight excluding hydrogens is 156 g/mol. The average Bonchev–Trinajstić information content (AvgIpc) is 2.16. The zero-order valence-electron chi connectivity index (χ0n) is 9.36. The van der Waals surface area contributed by atoms with Crippen molar-refractivity contribution < 1.29 is 0 Å². The summed E-state index contributed by atoms with van der Waals surface area (Å²) in [7, 11) is 0. The molecule has 0 nitrogen and oxygen atoms in total. The molecule has 0 aliphatic heterocycles. The van der Waals surface area contributed by atoms with Gasteiger partial charge in [0.2, 0.25) is 0 Å². The lowest BCUT2D eigenvalue weighted by molar-refractivity contribution is 0.584. The zero-order valence-corrected chi connectivity index (χ0v) is 9.36. The minimum Gasteiger partial charge on any atom is -0.0654 e. The summed E-state index contributed by atoms with van der Waals surface area (Å²) in [5.74, 6) is 0. The molecule has 0 saturated carbocycles. The van der Waals surface area contributed by atoms with Crippen LogP contribution in [-0.4, -0.2) is 0 Å². The lowest BCUT2D eigenvalue weighted by Gasteiger charge is -2.00. The molecule has 0 rings (SSSR count). The van der Waals surface area contributed by atoms with Gasteiger partial charge in [0.05, 0.1) is 0 Å².